The number of piperidine rings is 2. The maximum atomic E-state index is 13.6. The average Bonchev–Trinajstić information content (AvgIpc) is 3.42. The van der Waals surface area contributed by atoms with E-state index in [9.17, 15) is 14.4 Å². The molecule has 0 aliphatic carbocycles. The van der Waals surface area contributed by atoms with Gasteiger partial charge in [0.2, 0.25) is 11.8 Å². The van der Waals surface area contributed by atoms with Crippen molar-refractivity contribution in [2.24, 2.45) is 0 Å². The minimum atomic E-state index is -0.467. The lowest BCUT2D eigenvalue weighted by Crippen LogP contribution is -2.52. The number of methoxy groups -OCH3 is 1. The highest BCUT2D eigenvalue weighted by molar-refractivity contribution is 6.05. The fourth-order valence-corrected chi connectivity index (χ4v) is 6.47. The SMILES string of the molecule is COc1ccccc1C(=O)N(C[C@H](Cc1c[nH]c2ccccc12)NC(=O)CN1CCC(N2CCCCC2)CC1)C(C)=O. The molecule has 1 atom stereocenters. The van der Waals surface area contributed by atoms with Crippen LogP contribution in [0.4, 0.5) is 0 Å². The number of nitrogens with zero attached hydrogens (tertiary/aromatic N) is 3. The molecule has 9 nitrogen and oxygen atoms in total. The van der Waals surface area contributed by atoms with Crippen molar-refractivity contribution in [1.29, 1.82) is 0 Å². The molecule has 9 heteroatoms. The highest BCUT2D eigenvalue weighted by Gasteiger charge is 2.29. The second-order valence-corrected chi connectivity index (χ2v) is 11.6. The Balaban J connectivity index is 1.29. The van der Waals surface area contributed by atoms with Crippen molar-refractivity contribution in [3.8, 4) is 5.75 Å². The molecule has 2 aliphatic heterocycles. The molecular weight excluding hydrogens is 530 g/mol. The van der Waals surface area contributed by atoms with E-state index in [1.54, 1.807) is 24.3 Å². The van der Waals surface area contributed by atoms with E-state index in [4.69, 9.17) is 4.74 Å². The number of rotatable bonds is 10. The summed E-state index contributed by atoms with van der Waals surface area (Å²) in [6, 6.07) is 15.0. The highest BCUT2D eigenvalue weighted by Crippen LogP contribution is 2.23. The molecule has 3 amide bonds. The zero-order valence-electron chi connectivity index (χ0n) is 24.8. The van der Waals surface area contributed by atoms with Crippen molar-refractivity contribution in [2.45, 2.75) is 57.5 Å². The summed E-state index contributed by atoms with van der Waals surface area (Å²) in [5.41, 5.74) is 2.33. The van der Waals surface area contributed by atoms with Crippen LogP contribution >= 0.6 is 0 Å². The fraction of sp³-hybridized carbons (Fsp3) is 0.485. The lowest BCUT2D eigenvalue weighted by atomic mass is 10.00. The number of benzene rings is 2. The number of likely N-dealkylation sites (tertiary alicyclic amines) is 2. The first kappa shape index (κ1) is 29.8. The molecule has 2 N–H and O–H groups in total. The number of aromatic nitrogens is 1. The Labute approximate surface area is 248 Å². The molecular formula is C33H43N5O4. The van der Waals surface area contributed by atoms with Gasteiger partial charge in [-0.15, -0.1) is 0 Å². The molecule has 0 saturated carbocycles. The molecule has 224 valence electrons. The summed E-state index contributed by atoms with van der Waals surface area (Å²) >= 11 is 0. The number of aromatic amines is 1. The van der Waals surface area contributed by atoms with E-state index in [2.05, 4.69) is 20.1 Å². The Hall–Kier alpha value is -3.69. The summed E-state index contributed by atoms with van der Waals surface area (Å²) in [5.74, 6) is -0.523. The monoisotopic (exact) mass is 573 g/mol. The molecule has 3 aromatic rings. The van der Waals surface area contributed by atoms with Gasteiger partial charge in [-0.3, -0.25) is 24.2 Å². The standard InChI is InChI=1S/C33H43N5O4/c1-24(39)38(33(41)29-11-5-7-13-31(29)42-2)22-26(20-25-21-34-30-12-6-4-10-28(25)30)35-32(40)23-36-18-14-27(15-19-36)37-16-8-3-9-17-37/h4-7,10-13,21,26-27,34H,3,8-9,14-20,22-23H2,1-2H3,(H,35,40)/t26-/m0/s1. The number of carbonyl (C=O) groups is 3. The van der Waals surface area contributed by atoms with E-state index in [-0.39, 0.29) is 18.4 Å². The topological polar surface area (TPSA) is 98.0 Å². The first-order valence-electron chi connectivity index (χ1n) is 15.2. The van der Waals surface area contributed by atoms with Gasteiger partial charge in [0.25, 0.3) is 5.91 Å². The number of fused-ring (bicyclic) bond motifs is 1. The number of hydrogen-bond acceptors (Lipinski definition) is 6. The molecule has 3 heterocycles. The molecule has 5 rings (SSSR count). The Kier molecular flexibility index (Phi) is 9.92. The molecule has 0 spiro atoms. The maximum absolute atomic E-state index is 13.6. The predicted octanol–water partition coefficient (Wildman–Crippen LogP) is 3.84. The van der Waals surface area contributed by atoms with Crippen LogP contribution in [0, 0.1) is 0 Å². The van der Waals surface area contributed by atoms with Crippen LogP contribution in [0.25, 0.3) is 10.9 Å². The summed E-state index contributed by atoms with van der Waals surface area (Å²) in [4.78, 5) is 49.1. The van der Waals surface area contributed by atoms with Crippen molar-refractivity contribution < 1.29 is 19.1 Å². The lowest BCUT2D eigenvalue weighted by Gasteiger charge is -2.40. The second kappa shape index (κ2) is 14.0. The van der Waals surface area contributed by atoms with Gasteiger partial charge < -0.3 is 19.9 Å². The third-order valence-corrected chi connectivity index (χ3v) is 8.70. The van der Waals surface area contributed by atoms with Crippen LogP contribution in [0.5, 0.6) is 5.75 Å². The summed E-state index contributed by atoms with van der Waals surface area (Å²) in [7, 11) is 1.50. The first-order chi connectivity index (χ1) is 20.4. The molecule has 2 aliphatic rings. The number of hydrogen-bond donors (Lipinski definition) is 2. The maximum Gasteiger partial charge on any atom is 0.264 e. The molecule has 2 aromatic carbocycles. The summed E-state index contributed by atoms with van der Waals surface area (Å²) in [6.45, 7) is 5.92. The van der Waals surface area contributed by atoms with Gasteiger partial charge >= 0.3 is 0 Å². The Morgan fingerprint density at radius 3 is 2.45 bits per heavy atom. The highest BCUT2D eigenvalue weighted by atomic mass is 16.5. The minimum absolute atomic E-state index is 0.0501. The molecule has 42 heavy (non-hydrogen) atoms. The number of para-hydroxylation sites is 2. The van der Waals surface area contributed by atoms with Gasteiger partial charge in [-0.2, -0.15) is 0 Å². The molecule has 2 fully saturated rings. The van der Waals surface area contributed by atoms with E-state index in [0.717, 1.165) is 42.4 Å². The Bertz CT molecular complexity index is 1370. The van der Waals surface area contributed by atoms with E-state index in [0.29, 0.717) is 30.3 Å². The van der Waals surface area contributed by atoms with E-state index >= 15 is 0 Å². The Morgan fingerprint density at radius 2 is 1.71 bits per heavy atom. The van der Waals surface area contributed by atoms with Gasteiger partial charge in [-0.25, -0.2) is 0 Å². The van der Waals surface area contributed by atoms with Crippen molar-refractivity contribution in [1.82, 2.24) is 25.0 Å². The zero-order valence-corrected chi connectivity index (χ0v) is 24.8. The quantitative estimate of drug-likeness (QED) is 0.383. The number of amides is 3. The largest absolute Gasteiger partial charge is 0.496 e. The van der Waals surface area contributed by atoms with Crippen LogP contribution in [0.1, 0.15) is 54.9 Å². The van der Waals surface area contributed by atoms with Crippen LogP contribution in [-0.4, -0.2) is 95.9 Å². The van der Waals surface area contributed by atoms with Crippen molar-refractivity contribution in [3.63, 3.8) is 0 Å². The average molecular weight is 574 g/mol. The number of carbonyl (C=O) groups excluding carboxylic acids is 3. The predicted molar refractivity (Wildman–Crippen MR) is 164 cm³/mol. The van der Waals surface area contributed by atoms with Crippen LogP contribution < -0.4 is 10.1 Å². The molecule has 2 saturated heterocycles. The smallest absolute Gasteiger partial charge is 0.264 e. The van der Waals surface area contributed by atoms with Gasteiger partial charge in [0.05, 0.1) is 25.3 Å². The number of H-pyrrole nitrogens is 1. The lowest BCUT2D eigenvalue weighted by molar-refractivity contribution is -0.128. The molecule has 0 bridgehead atoms. The molecule has 0 radical (unpaired) electrons. The van der Waals surface area contributed by atoms with Gasteiger partial charge in [-0.05, 0) is 69.0 Å². The van der Waals surface area contributed by atoms with Gasteiger partial charge in [0.1, 0.15) is 5.75 Å². The summed E-state index contributed by atoms with van der Waals surface area (Å²) < 4.78 is 5.39. The number of imide groups is 1. The second-order valence-electron chi connectivity index (χ2n) is 11.6. The fourth-order valence-electron chi connectivity index (χ4n) is 6.47. The Morgan fingerprint density at radius 1 is 1.00 bits per heavy atom. The van der Waals surface area contributed by atoms with Gasteiger partial charge in [0, 0.05) is 49.7 Å². The van der Waals surface area contributed by atoms with Crippen molar-refractivity contribution in [3.05, 3.63) is 65.9 Å². The third kappa shape index (κ3) is 7.20. The molecule has 0 unspecified atom stereocenters. The van der Waals surface area contributed by atoms with E-state index < -0.39 is 11.9 Å². The number of nitrogens with one attached hydrogen (secondary N) is 2. The minimum Gasteiger partial charge on any atom is -0.496 e. The van der Waals surface area contributed by atoms with Crippen LogP contribution in [-0.2, 0) is 16.0 Å². The van der Waals surface area contributed by atoms with Crippen molar-refractivity contribution >= 4 is 28.6 Å². The van der Waals surface area contributed by atoms with Crippen molar-refractivity contribution in [2.75, 3.05) is 46.4 Å². The molecule has 1 aromatic heterocycles. The van der Waals surface area contributed by atoms with E-state index in [1.165, 1.54) is 51.3 Å². The first-order valence-corrected chi connectivity index (χ1v) is 15.2. The normalized spacial score (nSPS) is 17.6. The number of ether oxygens (including phenoxy) is 1. The summed E-state index contributed by atoms with van der Waals surface area (Å²) in [6.07, 6.45) is 8.48. The zero-order chi connectivity index (χ0) is 29.5. The van der Waals surface area contributed by atoms with Crippen LogP contribution in [0.15, 0.2) is 54.7 Å². The van der Waals surface area contributed by atoms with Crippen LogP contribution in [0.3, 0.4) is 0 Å². The van der Waals surface area contributed by atoms with E-state index in [1.807, 2.05) is 30.5 Å². The summed E-state index contributed by atoms with van der Waals surface area (Å²) in [5, 5.41) is 4.24. The van der Waals surface area contributed by atoms with Gasteiger partial charge in [-0.1, -0.05) is 36.8 Å². The van der Waals surface area contributed by atoms with Gasteiger partial charge in [0.15, 0.2) is 0 Å². The van der Waals surface area contributed by atoms with Crippen LogP contribution in [0.2, 0.25) is 0 Å². The third-order valence-electron chi connectivity index (χ3n) is 8.70.